The van der Waals surface area contributed by atoms with Gasteiger partial charge in [-0.3, -0.25) is 0 Å². The fourth-order valence-corrected chi connectivity index (χ4v) is 1.16. The van der Waals surface area contributed by atoms with Crippen molar-refractivity contribution in [2.45, 2.75) is 6.18 Å². The first-order valence-electron chi connectivity index (χ1n) is 3.86. The van der Waals surface area contributed by atoms with Crippen molar-refractivity contribution in [3.8, 4) is 11.8 Å². The van der Waals surface area contributed by atoms with Crippen LogP contribution in [-0.4, -0.2) is 5.88 Å². The van der Waals surface area contributed by atoms with Crippen LogP contribution in [0.5, 0.6) is 0 Å². The molecule has 0 atom stereocenters. The molecule has 0 heterocycles. The average Bonchev–Trinajstić information content (AvgIpc) is 2.15. The molecule has 0 aliphatic carbocycles. The van der Waals surface area contributed by atoms with E-state index >= 15 is 0 Å². The van der Waals surface area contributed by atoms with Crippen LogP contribution in [0.1, 0.15) is 11.1 Å². The molecule has 0 aromatic heterocycles. The van der Waals surface area contributed by atoms with Crippen molar-refractivity contribution in [1.29, 1.82) is 0 Å². The largest absolute Gasteiger partial charge is 0.416 e. The zero-order valence-corrected chi connectivity index (χ0v) is 8.84. The molecule has 1 rings (SSSR count). The topological polar surface area (TPSA) is 0 Å². The lowest BCUT2D eigenvalue weighted by Crippen LogP contribution is -2.04. The molecule has 0 saturated heterocycles. The second-order valence-corrected chi connectivity index (χ2v) is 3.30. The van der Waals surface area contributed by atoms with Crippen LogP contribution in [0, 0.1) is 11.8 Å². The first-order chi connectivity index (χ1) is 6.95. The zero-order valence-electron chi connectivity index (χ0n) is 7.33. The van der Waals surface area contributed by atoms with Crippen molar-refractivity contribution < 1.29 is 13.2 Å². The molecule has 80 valence electrons. The first kappa shape index (κ1) is 12.2. The van der Waals surface area contributed by atoms with Crippen molar-refractivity contribution in [2.24, 2.45) is 0 Å². The first-order valence-corrected chi connectivity index (χ1v) is 4.78. The third kappa shape index (κ3) is 3.33. The summed E-state index contributed by atoms with van der Waals surface area (Å²) in [5.74, 6) is 4.96. The fourth-order valence-electron chi connectivity index (χ4n) is 0.926. The average molecular weight is 253 g/mol. The van der Waals surface area contributed by atoms with E-state index in [0.29, 0.717) is 0 Å². The molecule has 0 radical (unpaired) electrons. The lowest BCUT2D eigenvalue weighted by molar-refractivity contribution is -0.137. The van der Waals surface area contributed by atoms with E-state index in [0.717, 1.165) is 12.1 Å². The summed E-state index contributed by atoms with van der Waals surface area (Å²) in [6.07, 6.45) is -4.39. The van der Waals surface area contributed by atoms with Gasteiger partial charge in [0.25, 0.3) is 0 Å². The van der Waals surface area contributed by atoms with Gasteiger partial charge in [0.1, 0.15) is 0 Å². The van der Waals surface area contributed by atoms with Crippen LogP contribution in [-0.2, 0) is 6.18 Å². The number of hydrogen-bond acceptors (Lipinski definition) is 0. The predicted octanol–water partition coefficient (Wildman–Crippen LogP) is 3.95. The Balaban J connectivity index is 3.17. The molecule has 0 fully saturated rings. The molecular weight excluding hydrogens is 248 g/mol. The van der Waals surface area contributed by atoms with E-state index in [1.807, 2.05) is 0 Å². The Hall–Kier alpha value is -0.850. The molecule has 15 heavy (non-hydrogen) atoms. The van der Waals surface area contributed by atoms with Crippen molar-refractivity contribution in [3.05, 3.63) is 34.3 Å². The van der Waals surface area contributed by atoms with E-state index in [-0.39, 0.29) is 16.5 Å². The second kappa shape index (κ2) is 4.78. The Morgan fingerprint density at radius 1 is 1.27 bits per heavy atom. The standard InChI is InChI=1S/C10H5Cl2F3/c11-5-1-2-7-6-8(10(13,14)15)3-4-9(7)12/h3-4,6H,5H2. The zero-order chi connectivity index (χ0) is 11.5. The molecule has 0 aliphatic heterocycles. The second-order valence-electron chi connectivity index (χ2n) is 2.63. The molecule has 0 saturated carbocycles. The minimum absolute atomic E-state index is 0.0482. The van der Waals surface area contributed by atoms with Crippen LogP contribution < -0.4 is 0 Å². The predicted molar refractivity (Wildman–Crippen MR) is 54.1 cm³/mol. The summed E-state index contributed by atoms with van der Waals surface area (Å²) in [7, 11) is 0. The van der Waals surface area contributed by atoms with Gasteiger partial charge in [-0.1, -0.05) is 23.4 Å². The van der Waals surface area contributed by atoms with Crippen LogP contribution in [0.15, 0.2) is 18.2 Å². The number of halogens is 5. The Morgan fingerprint density at radius 2 is 1.93 bits per heavy atom. The molecule has 0 nitrogen and oxygen atoms in total. The summed E-state index contributed by atoms with van der Waals surface area (Å²) in [4.78, 5) is 0. The Bertz CT molecular complexity index is 413. The molecule has 1 aromatic rings. The molecule has 0 amide bonds. The maximum atomic E-state index is 12.3. The van der Waals surface area contributed by atoms with Crippen molar-refractivity contribution >= 4 is 23.2 Å². The van der Waals surface area contributed by atoms with Crippen molar-refractivity contribution in [3.63, 3.8) is 0 Å². The van der Waals surface area contributed by atoms with Crippen molar-refractivity contribution in [1.82, 2.24) is 0 Å². The van der Waals surface area contributed by atoms with E-state index in [9.17, 15) is 13.2 Å². The van der Waals surface area contributed by atoms with E-state index in [1.165, 1.54) is 6.07 Å². The summed E-state index contributed by atoms with van der Waals surface area (Å²) >= 11 is 11.0. The van der Waals surface area contributed by atoms with Gasteiger partial charge in [0.2, 0.25) is 0 Å². The highest BCUT2D eigenvalue weighted by Gasteiger charge is 2.30. The normalized spacial score (nSPS) is 10.7. The van der Waals surface area contributed by atoms with Gasteiger partial charge in [-0.2, -0.15) is 13.2 Å². The van der Waals surface area contributed by atoms with Gasteiger partial charge in [-0.05, 0) is 18.2 Å². The van der Waals surface area contributed by atoms with E-state index in [1.54, 1.807) is 0 Å². The van der Waals surface area contributed by atoms with Gasteiger partial charge in [0, 0.05) is 5.56 Å². The molecule has 1 aromatic carbocycles. The number of alkyl halides is 4. The van der Waals surface area contributed by atoms with E-state index < -0.39 is 11.7 Å². The monoisotopic (exact) mass is 252 g/mol. The number of benzene rings is 1. The van der Waals surface area contributed by atoms with Crippen LogP contribution in [0.2, 0.25) is 5.02 Å². The lowest BCUT2D eigenvalue weighted by Gasteiger charge is -2.07. The molecule has 0 bridgehead atoms. The number of rotatable bonds is 0. The van der Waals surface area contributed by atoms with Crippen LogP contribution in [0.25, 0.3) is 0 Å². The van der Waals surface area contributed by atoms with Crippen LogP contribution in [0.3, 0.4) is 0 Å². The van der Waals surface area contributed by atoms with Crippen molar-refractivity contribution in [2.75, 3.05) is 5.88 Å². The Morgan fingerprint density at radius 3 is 2.47 bits per heavy atom. The summed E-state index contributed by atoms with van der Waals surface area (Å²) in [5.41, 5.74) is -0.641. The molecule has 0 spiro atoms. The lowest BCUT2D eigenvalue weighted by atomic mass is 10.1. The van der Waals surface area contributed by atoms with E-state index in [2.05, 4.69) is 11.8 Å². The fraction of sp³-hybridized carbons (Fsp3) is 0.200. The Labute approximate surface area is 95.0 Å². The molecule has 5 heteroatoms. The number of hydrogen-bond donors (Lipinski definition) is 0. The van der Waals surface area contributed by atoms with Gasteiger partial charge in [0.05, 0.1) is 16.5 Å². The van der Waals surface area contributed by atoms with Gasteiger partial charge >= 0.3 is 6.18 Å². The SMILES string of the molecule is FC(F)(F)c1ccc(Cl)c(C#CCCl)c1. The van der Waals surface area contributed by atoms with E-state index in [4.69, 9.17) is 23.2 Å². The summed E-state index contributed by atoms with van der Waals surface area (Å²) in [6.45, 7) is 0. The van der Waals surface area contributed by atoms with Gasteiger partial charge in [-0.25, -0.2) is 0 Å². The maximum Gasteiger partial charge on any atom is 0.416 e. The van der Waals surface area contributed by atoms with Gasteiger partial charge < -0.3 is 0 Å². The van der Waals surface area contributed by atoms with Gasteiger partial charge in [-0.15, -0.1) is 11.6 Å². The highest BCUT2D eigenvalue weighted by molar-refractivity contribution is 6.31. The molecular formula is C10H5Cl2F3. The molecule has 0 aliphatic rings. The smallest absolute Gasteiger partial charge is 0.166 e. The minimum atomic E-state index is -4.39. The summed E-state index contributed by atoms with van der Waals surface area (Å²) in [6, 6.07) is 2.98. The third-order valence-corrected chi connectivity index (χ3v) is 2.05. The summed E-state index contributed by atoms with van der Waals surface area (Å²) < 4.78 is 36.9. The van der Waals surface area contributed by atoms with Gasteiger partial charge in [0.15, 0.2) is 0 Å². The highest BCUT2D eigenvalue weighted by Crippen LogP contribution is 2.31. The minimum Gasteiger partial charge on any atom is -0.166 e. The third-order valence-electron chi connectivity index (χ3n) is 1.58. The van der Waals surface area contributed by atoms with Crippen LogP contribution in [0.4, 0.5) is 13.2 Å². The maximum absolute atomic E-state index is 12.3. The molecule has 0 unspecified atom stereocenters. The molecule has 0 N–H and O–H groups in total. The Kier molecular flexibility index (Phi) is 3.90. The summed E-state index contributed by atoms with van der Waals surface area (Å²) in [5, 5.41) is 0.181. The quantitative estimate of drug-likeness (QED) is 0.485. The van der Waals surface area contributed by atoms with Crippen LogP contribution >= 0.6 is 23.2 Å². The highest BCUT2D eigenvalue weighted by atomic mass is 35.5.